The minimum absolute atomic E-state index is 0.00526. The molecule has 0 aliphatic heterocycles. The molecule has 3 heteroatoms. The summed E-state index contributed by atoms with van der Waals surface area (Å²) in [6.45, 7) is 0. The summed E-state index contributed by atoms with van der Waals surface area (Å²) < 4.78 is 0. The van der Waals surface area contributed by atoms with Crippen LogP contribution in [-0.4, -0.2) is 16.0 Å². The van der Waals surface area contributed by atoms with Gasteiger partial charge in [-0.15, -0.1) is 0 Å². The maximum absolute atomic E-state index is 13.8. The zero-order chi connectivity index (χ0) is 18.6. The number of phenols is 2. The molecule has 0 fully saturated rings. The number of aromatic hydroxyl groups is 2. The lowest BCUT2D eigenvalue weighted by atomic mass is 9.69. The SMILES string of the molecule is O=C1c2cccc3cccc(c23)C1(c1ccc(O)cc1)c1ccc(O)cc1. The Kier molecular flexibility index (Phi) is 3.16. The van der Waals surface area contributed by atoms with Crippen molar-refractivity contribution in [3.05, 3.63) is 107 Å². The first kappa shape index (κ1) is 15.6. The Morgan fingerprint density at radius 2 is 1.15 bits per heavy atom. The van der Waals surface area contributed by atoms with E-state index in [1.807, 2.05) is 36.4 Å². The van der Waals surface area contributed by atoms with E-state index in [0.29, 0.717) is 5.56 Å². The summed E-state index contributed by atoms with van der Waals surface area (Å²) in [6.07, 6.45) is 0. The molecule has 1 aliphatic carbocycles. The third-order valence-electron chi connectivity index (χ3n) is 5.49. The van der Waals surface area contributed by atoms with Gasteiger partial charge >= 0.3 is 0 Å². The predicted molar refractivity (Wildman–Crippen MR) is 104 cm³/mol. The van der Waals surface area contributed by atoms with Gasteiger partial charge in [0, 0.05) is 5.56 Å². The van der Waals surface area contributed by atoms with Crippen molar-refractivity contribution in [2.45, 2.75) is 5.41 Å². The summed E-state index contributed by atoms with van der Waals surface area (Å²) in [7, 11) is 0. The maximum Gasteiger partial charge on any atom is 0.182 e. The van der Waals surface area contributed by atoms with Gasteiger partial charge in [0.15, 0.2) is 5.78 Å². The number of Topliss-reactive ketones (excluding diaryl/α,β-unsaturated/α-hetero) is 1. The number of phenolic OH excluding ortho intramolecular Hbond substituents is 2. The number of ketones is 1. The quantitative estimate of drug-likeness (QED) is 0.546. The number of benzene rings is 4. The smallest absolute Gasteiger partial charge is 0.182 e. The summed E-state index contributed by atoms with van der Waals surface area (Å²) in [5.74, 6) is 0.312. The van der Waals surface area contributed by atoms with E-state index in [1.165, 1.54) is 0 Å². The van der Waals surface area contributed by atoms with E-state index in [0.717, 1.165) is 27.5 Å². The van der Waals surface area contributed by atoms with Crippen molar-refractivity contribution in [2.75, 3.05) is 0 Å². The second-order valence-electron chi connectivity index (χ2n) is 6.88. The second kappa shape index (κ2) is 5.45. The summed E-state index contributed by atoms with van der Waals surface area (Å²) >= 11 is 0. The fourth-order valence-electron chi connectivity index (χ4n) is 4.33. The van der Waals surface area contributed by atoms with Crippen molar-refractivity contribution in [1.29, 1.82) is 0 Å². The average Bonchev–Trinajstić information content (AvgIpc) is 2.95. The van der Waals surface area contributed by atoms with E-state index in [9.17, 15) is 15.0 Å². The Balaban J connectivity index is 1.93. The van der Waals surface area contributed by atoms with Crippen LogP contribution in [0.5, 0.6) is 11.5 Å². The molecule has 1 aliphatic rings. The molecule has 27 heavy (non-hydrogen) atoms. The first-order valence-corrected chi connectivity index (χ1v) is 8.78. The van der Waals surface area contributed by atoms with Crippen molar-refractivity contribution in [2.24, 2.45) is 0 Å². The molecule has 0 unspecified atom stereocenters. The van der Waals surface area contributed by atoms with Crippen LogP contribution in [0, 0.1) is 0 Å². The van der Waals surface area contributed by atoms with Crippen molar-refractivity contribution in [3.63, 3.8) is 0 Å². The van der Waals surface area contributed by atoms with Gasteiger partial charge in [0.2, 0.25) is 0 Å². The molecule has 0 amide bonds. The summed E-state index contributed by atoms with van der Waals surface area (Å²) in [4.78, 5) is 13.8. The van der Waals surface area contributed by atoms with Crippen LogP contribution in [0.3, 0.4) is 0 Å². The molecule has 0 heterocycles. The molecule has 0 saturated carbocycles. The zero-order valence-corrected chi connectivity index (χ0v) is 14.4. The minimum atomic E-state index is -1.01. The highest BCUT2D eigenvalue weighted by atomic mass is 16.3. The molecule has 0 atom stereocenters. The monoisotopic (exact) mass is 352 g/mol. The van der Waals surface area contributed by atoms with Crippen LogP contribution in [0.1, 0.15) is 27.0 Å². The normalized spacial score (nSPS) is 14.6. The summed E-state index contributed by atoms with van der Waals surface area (Å²) in [5.41, 5.74) is 2.20. The molecule has 5 rings (SSSR count). The van der Waals surface area contributed by atoms with Crippen LogP contribution < -0.4 is 0 Å². The number of hydrogen-bond donors (Lipinski definition) is 2. The Bertz CT molecular complexity index is 1140. The minimum Gasteiger partial charge on any atom is -0.508 e. The van der Waals surface area contributed by atoms with Crippen LogP contribution >= 0.6 is 0 Å². The lowest BCUT2D eigenvalue weighted by Crippen LogP contribution is -2.34. The third-order valence-corrected chi connectivity index (χ3v) is 5.49. The molecule has 4 aromatic carbocycles. The van der Waals surface area contributed by atoms with Crippen LogP contribution in [0.25, 0.3) is 10.8 Å². The average molecular weight is 352 g/mol. The van der Waals surface area contributed by atoms with Gasteiger partial charge in [0.05, 0.1) is 0 Å². The topological polar surface area (TPSA) is 57.5 Å². The molecular formula is C24H16O3. The predicted octanol–water partition coefficient (Wildman–Crippen LogP) is 4.78. The fourth-order valence-corrected chi connectivity index (χ4v) is 4.33. The molecule has 0 aromatic heterocycles. The Hall–Kier alpha value is -3.59. The van der Waals surface area contributed by atoms with Crippen molar-refractivity contribution in [1.82, 2.24) is 0 Å². The first-order chi connectivity index (χ1) is 13.1. The van der Waals surface area contributed by atoms with Crippen molar-refractivity contribution < 1.29 is 15.0 Å². The molecular weight excluding hydrogens is 336 g/mol. The Morgan fingerprint density at radius 1 is 0.630 bits per heavy atom. The van der Waals surface area contributed by atoms with Crippen LogP contribution in [-0.2, 0) is 5.41 Å². The van der Waals surface area contributed by atoms with Crippen molar-refractivity contribution in [3.8, 4) is 11.5 Å². The summed E-state index contributed by atoms with van der Waals surface area (Å²) in [6, 6.07) is 25.4. The molecule has 2 N–H and O–H groups in total. The van der Waals surface area contributed by atoms with Gasteiger partial charge < -0.3 is 10.2 Å². The van der Waals surface area contributed by atoms with E-state index >= 15 is 0 Å². The highest BCUT2D eigenvalue weighted by molar-refractivity contribution is 6.23. The zero-order valence-electron chi connectivity index (χ0n) is 14.4. The Labute approximate surface area is 156 Å². The van der Waals surface area contributed by atoms with E-state index in [1.54, 1.807) is 48.5 Å². The lowest BCUT2D eigenvalue weighted by molar-refractivity contribution is 0.0944. The highest BCUT2D eigenvalue weighted by Crippen LogP contribution is 2.50. The van der Waals surface area contributed by atoms with Gasteiger partial charge in [-0.05, 0) is 51.7 Å². The van der Waals surface area contributed by atoms with E-state index in [2.05, 4.69) is 0 Å². The number of carbonyl (C=O) groups excluding carboxylic acids is 1. The second-order valence-corrected chi connectivity index (χ2v) is 6.88. The Morgan fingerprint density at radius 3 is 1.70 bits per heavy atom. The standard InChI is InChI=1S/C24H16O3/c25-18-11-7-16(8-12-18)24(17-9-13-19(26)14-10-17)21-6-2-4-15-3-1-5-20(22(15)21)23(24)27/h1-14,25-26H. The van der Waals surface area contributed by atoms with E-state index in [-0.39, 0.29) is 17.3 Å². The largest absolute Gasteiger partial charge is 0.508 e. The maximum atomic E-state index is 13.8. The molecule has 3 nitrogen and oxygen atoms in total. The van der Waals surface area contributed by atoms with E-state index < -0.39 is 5.41 Å². The molecule has 0 bridgehead atoms. The molecule has 0 radical (unpaired) electrons. The van der Waals surface area contributed by atoms with Gasteiger partial charge in [-0.25, -0.2) is 0 Å². The molecule has 0 saturated heterocycles. The van der Waals surface area contributed by atoms with Gasteiger partial charge in [-0.1, -0.05) is 60.7 Å². The van der Waals surface area contributed by atoms with Crippen LogP contribution in [0.4, 0.5) is 0 Å². The van der Waals surface area contributed by atoms with Gasteiger partial charge in [-0.2, -0.15) is 0 Å². The third kappa shape index (κ3) is 1.99. The van der Waals surface area contributed by atoms with Gasteiger partial charge in [-0.3, -0.25) is 4.79 Å². The van der Waals surface area contributed by atoms with Crippen LogP contribution in [0.15, 0.2) is 84.9 Å². The lowest BCUT2D eigenvalue weighted by Gasteiger charge is -2.30. The van der Waals surface area contributed by atoms with E-state index in [4.69, 9.17) is 0 Å². The first-order valence-electron chi connectivity index (χ1n) is 8.78. The summed E-state index contributed by atoms with van der Waals surface area (Å²) in [5, 5.41) is 21.5. The molecule has 4 aromatic rings. The molecule has 0 spiro atoms. The number of hydrogen-bond acceptors (Lipinski definition) is 3. The van der Waals surface area contributed by atoms with Crippen molar-refractivity contribution >= 4 is 16.6 Å². The molecule has 130 valence electrons. The van der Waals surface area contributed by atoms with Crippen LogP contribution in [0.2, 0.25) is 0 Å². The van der Waals surface area contributed by atoms with Gasteiger partial charge in [0.1, 0.15) is 16.9 Å². The fraction of sp³-hybridized carbons (Fsp3) is 0.0417. The number of carbonyl (C=O) groups is 1. The number of rotatable bonds is 2. The highest BCUT2D eigenvalue weighted by Gasteiger charge is 2.49. The van der Waals surface area contributed by atoms with Gasteiger partial charge in [0.25, 0.3) is 0 Å².